The first kappa shape index (κ1) is 24.0. The summed E-state index contributed by atoms with van der Waals surface area (Å²) in [4.78, 5) is 15.5. The SMILES string of the molecule is C[C@H](c1c[nH]c2ccccc12)[C@@H](NS(=O)(=O)c1ccc(-c2ccc(C(F)(F)F)cc2)s1)C(=O)O. The molecule has 4 aromatic rings. The lowest BCUT2D eigenvalue weighted by atomic mass is 9.93. The van der Waals surface area contributed by atoms with Gasteiger partial charge >= 0.3 is 12.1 Å². The zero-order chi connectivity index (χ0) is 24.7. The van der Waals surface area contributed by atoms with E-state index in [0.717, 1.165) is 34.4 Å². The molecule has 34 heavy (non-hydrogen) atoms. The monoisotopic (exact) mass is 508 g/mol. The number of thiophene rings is 1. The van der Waals surface area contributed by atoms with Crippen molar-refractivity contribution in [2.75, 3.05) is 0 Å². The molecule has 2 atom stereocenters. The third-order valence-corrected chi connectivity index (χ3v) is 8.57. The summed E-state index contributed by atoms with van der Waals surface area (Å²) >= 11 is 0.841. The Morgan fingerprint density at radius 1 is 1.06 bits per heavy atom. The smallest absolute Gasteiger partial charge is 0.416 e. The number of carboxylic acids is 1. The summed E-state index contributed by atoms with van der Waals surface area (Å²) in [6, 6.07) is 13.0. The molecule has 2 aromatic carbocycles. The van der Waals surface area contributed by atoms with Crippen molar-refractivity contribution in [2.45, 2.75) is 29.3 Å². The summed E-state index contributed by atoms with van der Waals surface area (Å²) in [5.41, 5.74) is 1.07. The summed E-state index contributed by atoms with van der Waals surface area (Å²) in [5.74, 6) is -2.03. The van der Waals surface area contributed by atoms with E-state index in [-0.39, 0.29) is 4.21 Å². The van der Waals surface area contributed by atoms with Gasteiger partial charge in [0, 0.05) is 27.9 Å². The molecule has 6 nitrogen and oxygen atoms in total. The van der Waals surface area contributed by atoms with Crippen molar-refractivity contribution in [3.8, 4) is 10.4 Å². The summed E-state index contributed by atoms with van der Waals surface area (Å²) in [6.45, 7) is 1.62. The van der Waals surface area contributed by atoms with Crippen LogP contribution in [0.4, 0.5) is 13.2 Å². The molecular weight excluding hydrogens is 489 g/mol. The number of H-pyrrole nitrogens is 1. The number of benzene rings is 2. The van der Waals surface area contributed by atoms with Crippen molar-refractivity contribution in [1.82, 2.24) is 9.71 Å². The van der Waals surface area contributed by atoms with Gasteiger partial charge in [0.15, 0.2) is 0 Å². The van der Waals surface area contributed by atoms with E-state index >= 15 is 0 Å². The molecule has 0 aliphatic rings. The number of halogens is 3. The number of hydrogen-bond donors (Lipinski definition) is 3. The minimum Gasteiger partial charge on any atom is -0.480 e. The largest absolute Gasteiger partial charge is 0.480 e. The molecule has 2 aromatic heterocycles. The number of sulfonamides is 1. The minimum atomic E-state index is -4.47. The fraction of sp³-hybridized carbons (Fsp3) is 0.174. The Kier molecular flexibility index (Phi) is 6.28. The van der Waals surface area contributed by atoms with Gasteiger partial charge in [0.2, 0.25) is 0 Å². The van der Waals surface area contributed by atoms with E-state index < -0.39 is 39.7 Å². The van der Waals surface area contributed by atoms with Gasteiger partial charge in [0.05, 0.1) is 5.56 Å². The second-order valence-corrected chi connectivity index (χ2v) is 10.7. The fourth-order valence-electron chi connectivity index (χ4n) is 3.69. The maximum Gasteiger partial charge on any atom is 0.416 e. The van der Waals surface area contributed by atoms with Crippen LogP contribution in [0.2, 0.25) is 0 Å². The number of hydrogen-bond acceptors (Lipinski definition) is 4. The van der Waals surface area contributed by atoms with Crippen LogP contribution in [-0.2, 0) is 21.0 Å². The molecule has 0 saturated carbocycles. The molecule has 0 bridgehead atoms. The Labute approximate surface area is 197 Å². The molecule has 11 heteroatoms. The van der Waals surface area contributed by atoms with E-state index in [1.165, 1.54) is 24.3 Å². The maximum absolute atomic E-state index is 13.0. The van der Waals surface area contributed by atoms with Crippen LogP contribution in [0.5, 0.6) is 0 Å². The van der Waals surface area contributed by atoms with Gasteiger partial charge in [-0.05, 0) is 41.5 Å². The van der Waals surface area contributed by atoms with E-state index in [1.54, 1.807) is 19.2 Å². The van der Waals surface area contributed by atoms with Crippen LogP contribution in [0.1, 0.15) is 24.0 Å². The number of fused-ring (bicyclic) bond motifs is 1. The number of aliphatic carboxylic acids is 1. The molecule has 0 fully saturated rings. The second kappa shape index (κ2) is 8.90. The van der Waals surface area contributed by atoms with E-state index in [2.05, 4.69) is 9.71 Å². The number of alkyl halides is 3. The van der Waals surface area contributed by atoms with Gasteiger partial charge in [-0.2, -0.15) is 17.9 Å². The van der Waals surface area contributed by atoms with Crippen molar-refractivity contribution in [3.63, 3.8) is 0 Å². The van der Waals surface area contributed by atoms with Crippen molar-refractivity contribution in [1.29, 1.82) is 0 Å². The van der Waals surface area contributed by atoms with E-state index in [0.29, 0.717) is 16.0 Å². The number of aromatic amines is 1. The third kappa shape index (κ3) is 4.72. The highest BCUT2D eigenvalue weighted by Crippen LogP contribution is 2.35. The predicted octanol–water partition coefficient (Wildman–Crippen LogP) is 5.45. The van der Waals surface area contributed by atoms with E-state index in [4.69, 9.17) is 0 Å². The van der Waals surface area contributed by atoms with Crippen LogP contribution in [0.3, 0.4) is 0 Å². The molecule has 4 rings (SSSR count). The van der Waals surface area contributed by atoms with Crippen LogP contribution in [0, 0.1) is 0 Å². The highest BCUT2D eigenvalue weighted by atomic mass is 32.2. The number of carbonyl (C=O) groups is 1. The molecule has 0 amide bonds. The molecule has 0 aliphatic heterocycles. The number of aromatic nitrogens is 1. The number of rotatable bonds is 7. The van der Waals surface area contributed by atoms with Crippen LogP contribution in [0.15, 0.2) is 71.1 Å². The predicted molar refractivity (Wildman–Crippen MR) is 123 cm³/mol. The van der Waals surface area contributed by atoms with Gasteiger partial charge in [0.25, 0.3) is 10.0 Å². The Bertz CT molecular complexity index is 1440. The minimum absolute atomic E-state index is 0.139. The number of para-hydroxylation sites is 1. The van der Waals surface area contributed by atoms with Gasteiger partial charge in [0.1, 0.15) is 10.3 Å². The van der Waals surface area contributed by atoms with Gasteiger partial charge in [-0.15, -0.1) is 11.3 Å². The number of nitrogens with one attached hydrogen (secondary N) is 2. The summed E-state index contributed by atoms with van der Waals surface area (Å²) < 4.78 is 66.5. The standard InChI is InChI=1S/C23H19F3N2O4S2/c1-13(17-12-27-18-5-3-2-4-16(17)18)21(22(29)30)28-34(31,32)20-11-10-19(33-20)14-6-8-15(9-7-14)23(24,25)26/h2-13,21,27-28H,1H3,(H,29,30)/t13-,21-/m1/s1. The topological polar surface area (TPSA) is 99.3 Å². The lowest BCUT2D eigenvalue weighted by molar-refractivity contribution is -0.139. The van der Waals surface area contributed by atoms with Crippen molar-refractivity contribution >= 4 is 38.2 Å². The zero-order valence-electron chi connectivity index (χ0n) is 17.6. The van der Waals surface area contributed by atoms with Crippen molar-refractivity contribution in [3.05, 3.63) is 78.0 Å². The highest BCUT2D eigenvalue weighted by molar-refractivity contribution is 7.91. The van der Waals surface area contributed by atoms with Crippen molar-refractivity contribution < 1.29 is 31.5 Å². The Morgan fingerprint density at radius 3 is 2.38 bits per heavy atom. The maximum atomic E-state index is 13.0. The molecule has 0 aliphatic carbocycles. The zero-order valence-corrected chi connectivity index (χ0v) is 19.3. The molecule has 3 N–H and O–H groups in total. The summed E-state index contributed by atoms with van der Waals surface area (Å²) in [5, 5.41) is 10.6. The molecule has 0 saturated heterocycles. The first-order valence-corrected chi connectivity index (χ1v) is 12.4. The van der Waals surface area contributed by atoms with Gasteiger partial charge in [-0.25, -0.2) is 8.42 Å². The summed E-state index contributed by atoms with van der Waals surface area (Å²) in [6.07, 6.45) is -2.81. The normalized spacial score (nSPS) is 14.2. The van der Waals surface area contributed by atoms with Gasteiger partial charge < -0.3 is 10.1 Å². The number of carboxylic acid groups (broad SMARTS) is 1. The average Bonchev–Trinajstić information content (AvgIpc) is 3.44. The van der Waals surface area contributed by atoms with E-state index in [1.807, 2.05) is 18.2 Å². The van der Waals surface area contributed by atoms with Crippen LogP contribution >= 0.6 is 11.3 Å². The first-order valence-electron chi connectivity index (χ1n) is 10.1. The Balaban J connectivity index is 1.59. The molecule has 0 unspecified atom stereocenters. The van der Waals surface area contributed by atoms with Crippen molar-refractivity contribution in [2.24, 2.45) is 0 Å². The lowest BCUT2D eigenvalue weighted by Gasteiger charge is -2.21. The molecule has 0 spiro atoms. The first-order chi connectivity index (χ1) is 16.0. The second-order valence-electron chi connectivity index (χ2n) is 7.71. The fourth-order valence-corrected chi connectivity index (χ4v) is 6.28. The van der Waals surface area contributed by atoms with E-state index in [9.17, 15) is 31.5 Å². The van der Waals surface area contributed by atoms with Gasteiger partial charge in [-0.3, -0.25) is 4.79 Å². The van der Waals surface area contributed by atoms with Crippen LogP contribution in [-0.4, -0.2) is 30.5 Å². The molecular formula is C23H19F3N2O4S2. The molecule has 178 valence electrons. The molecule has 0 radical (unpaired) electrons. The van der Waals surface area contributed by atoms with Crippen LogP contribution in [0.25, 0.3) is 21.3 Å². The van der Waals surface area contributed by atoms with Gasteiger partial charge in [-0.1, -0.05) is 37.3 Å². The summed E-state index contributed by atoms with van der Waals surface area (Å²) in [7, 11) is -4.21. The third-order valence-electron chi connectivity index (χ3n) is 5.50. The Hall–Kier alpha value is -3.15. The lowest BCUT2D eigenvalue weighted by Crippen LogP contribution is -2.43. The average molecular weight is 509 g/mol. The highest BCUT2D eigenvalue weighted by Gasteiger charge is 2.33. The molecule has 2 heterocycles. The Morgan fingerprint density at radius 2 is 1.74 bits per heavy atom. The van der Waals surface area contributed by atoms with Crippen LogP contribution < -0.4 is 4.72 Å². The quantitative estimate of drug-likeness (QED) is 0.309.